The lowest BCUT2D eigenvalue weighted by molar-refractivity contribution is 0.187. The van der Waals surface area contributed by atoms with E-state index in [-0.39, 0.29) is 5.82 Å². The Balaban J connectivity index is 0.000000537. The third-order valence-electron chi connectivity index (χ3n) is 4.29. The molecule has 3 rings (SSSR count). The second kappa shape index (κ2) is 9.96. The number of hydrogen-bond acceptors (Lipinski definition) is 4. The fourth-order valence-corrected chi connectivity index (χ4v) is 2.83. The van der Waals surface area contributed by atoms with Gasteiger partial charge in [-0.2, -0.15) is 0 Å². The molecule has 0 spiro atoms. The van der Waals surface area contributed by atoms with Crippen molar-refractivity contribution in [1.82, 2.24) is 9.55 Å². The summed E-state index contributed by atoms with van der Waals surface area (Å²) in [4.78, 5) is 26.1. The van der Waals surface area contributed by atoms with Crippen molar-refractivity contribution in [2.45, 2.75) is 27.0 Å². The number of phosphoric acid groups is 1. The molecule has 0 atom stereocenters. The number of aryl methyl sites for hydroxylation is 1. The summed E-state index contributed by atoms with van der Waals surface area (Å²) in [6, 6.07) is 8.21. The van der Waals surface area contributed by atoms with Crippen molar-refractivity contribution in [2.75, 3.05) is 13.7 Å². The Morgan fingerprint density at radius 1 is 1.14 bits per heavy atom. The normalized spacial score (nSPS) is 11.3. The summed E-state index contributed by atoms with van der Waals surface area (Å²) in [5.74, 6) is 0.529. The number of pyridine rings is 1. The lowest BCUT2D eigenvalue weighted by Crippen LogP contribution is -2.07. The zero-order valence-electron chi connectivity index (χ0n) is 16.4. The standard InChI is InChI=1S/C19H21FN2O2.H3O4P/c1-13-14(2)22(10-11-23-3)19-17(8-9-21-18(13)19)24-12-15-4-6-16(20)7-5-15;1-5(2,3)4/h4-9H,10-12H2,1-3H3;(H3,1,2,3,4). The number of fused-ring (bicyclic) bond motifs is 1. The number of halogens is 1. The van der Waals surface area contributed by atoms with Gasteiger partial charge in [0.25, 0.3) is 0 Å². The van der Waals surface area contributed by atoms with Gasteiger partial charge in [0.1, 0.15) is 23.7 Å². The van der Waals surface area contributed by atoms with Crippen molar-refractivity contribution in [3.05, 3.63) is 59.2 Å². The maximum atomic E-state index is 13.0. The molecule has 0 unspecified atom stereocenters. The topological polar surface area (TPSA) is 114 Å². The van der Waals surface area contributed by atoms with E-state index in [0.29, 0.717) is 13.2 Å². The molecule has 8 nitrogen and oxygen atoms in total. The number of methoxy groups -OCH3 is 1. The molecule has 10 heteroatoms. The van der Waals surface area contributed by atoms with Gasteiger partial charge in [0.15, 0.2) is 0 Å². The first-order valence-corrected chi connectivity index (χ1v) is 10.3. The molecule has 3 N–H and O–H groups in total. The average molecular weight is 426 g/mol. The minimum atomic E-state index is -4.64. The largest absolute Gasteiger partial charge is 0.487 e. The van der Waals surface area contributed by atoms with Gasteiger partial charge in [0.2, 0.25) is 0 Å². The van der Waals surface area contributed by atoms with Crippen LogP contribution in [0, 0.1) is 19.7 Å². The van der Waals surface area contributed by atoms with Crippen molar-refractivity contribution in [1.29, 1.82) is 0 Å². The van der Waals surface area contributed by atoms with Gasteiger partial charge in [0.05, 0.1) is 12.1 Å². The van der Waals surface area contributed by atoms with Crippen LogP contribution >= 0.6 is 7.82 Å². The first kappa shape index (κ1) is 23.0. The maximum Gasteiger partial charge on any atom is 0.466 e. The average Bonchev–Trinajstić information content (AvgIpc) is 2.89. The van der Waals surface area contributed by atoms with Crippen LogP contribution in [0.5, 0.6) is 5.75 Å². The van der Waals surface area contributed by atoms with Crippen LogP contribution in [0.3, 0.4) is 0 Å². The van der Waals surface area contributed by atoms with Crippen LogP contribution in [0.2, 0.25) is 0 Å². The second-order valence-corrected chi connectivity index (χ2v) is 7.32. The molecule has 2 heterocycles. The molecule has 0 aliphatic heterocycles. The van der Waals surface area contributed by atoms with Gasteiger partial charge in [-0.25, -0.2) is 8.96 Å². The first-order chi connectivity index (χ1) is 13.6. The summed E-state index contributed by atoms with van der Waals surface area (Å²) in [5.41, 5.74) is 5.15. The van der Waals surface area contributed by atoms with Crippen LogP contribution < -0.4 is 4.74 Å². The number of aromatic nitrogens is 2. The third kappa shape index (κ3) is 6.62. The zero-order chi connectivity index (χ0) is 21.6. The van der Waals surface area contributed by atoms with E-state index in [9.17, 15) is 4.39 Å². The molecule has 2 aromatic heterocycles. The van der Waals surface area contributed by atoms with Crippen molar-refractivity contribution in [3.8, 4) is 5.75 Å². The summed E-state index contributed by atoms with van der Waals surface area (Å²) >= 11 is 0. The Labute approximate surface area is 167 Å². The van der Waals surface area contributed by atoms with Crippen LogP contribution in [0.15, 0.2) is 36.5 Å². The van der Waals surface area contributed by atoms with Gasteiger partial charge in [0, 0.05) is 31.6 Å². The Hall–Kier alpha value is -2.29. The Morgan fingerprint density at radius 2 is 1.76 bits per heavy atom. The van der Waals surface area contributed by atoms with E-state index < -0.39 is 7.82 Å². The SMILES string of the molecule is COCCn1c(C)c(C)c2nccc(OCc3ccc(F)cc3)c21.O=P(O)(O)O. The van der Waals surface area contributed by atoms with Gasteiger partial charge >= 0.3 is 7.82 Å². The monoisotopic (exact) mass is 426 g/mol. The van der Waals surface area contributed by atoms with Gasteiger partial charge < -0.3 is 28.7 Å². The summed E-state index contributed by atoms with van der Waals surface area (Å²) in [5, 5.41) is 0. The summed E-state index contributed by atoms with van der Waals surface area (Å²) in [6.07, 6.45) is 1.76. The summed E-state index contributed by atoms with van der Waals surface area (Å²) in [6.45, 7) is 5.89. The van der Waals surface area contributed by atoms with E-state index in [1.807, 2.05) is 6.07 Å². The highest BCUT2D eigenvalue weighted by Gasteiger charge is 2.16. The summed E-state index contributed by atoms with van der Waals surface area (Å²) in [7, 11) is -2.95. The quantitative estimate of drug-likeness (QED) is 0.519. The molecular formula is C19H24FN2O6P. The number of nitrogens with zero attached hydrogens (tertiary/aromatic N) is 2. The minimum Gasteiger partial charge on any atom is -0.487 e. The molecule has 0 saturated carbocycles. The highest BCUT2D eigenvalue weighted by Crippen LogP contribution is 2.31. The molecule has 3 aromatic rings. The molecule has 0 bridgehead atoms. The van der Waals surface area contributed by atoms with E-state index in [1.54, 1.807) is 25.4 Å². The Morgan fingerprint density at radius 3 is 2.34 bits per heavy atom. The molecule has 0 fully saturated rings. The highest BCUT2D eigenvalue weighted by molar-refractivity contribution is 7.45. The van der Waals surface area contributed by atoms with Crippen molar-refractivity contribution in [3.63, 3.8) is 0 Å². The third-order valence-corrected chi connectivity index (χ3v) is 4.29. The van der Waals surface area contributed by atoms with Gasteiger partial charge in [-0.1, -0.05) is 12.1 Å². The van der Waals surface area contributed by atoms with E-state index in [2.05, 4.69) is 23.4 Å². The van der Waals surface area contributed by atoms with Crippen LogP contribution in [0.4, 0.5) is 4.39 Å². The van der Waals surface area contributed by atoms with Crippen LogP contribution in [0.25, 0.3) is 11.0 Å². The Kier molecular flexibility index (Phi) is 7.89. The van der Waals surface area contributed by atoms with Gasteiger partial charge in [-0.3, -0.25) is 4.98 Å². The predicted octanol–water partition coefficient (Wildman–Crippen LogP) is 3.09. The van der Waals surface area contributed by atoms with Gasteiger partial charge in [-0.05, 0) is 37.1 Å². The number of benzene rings is 1. The van der Waals surface area contributed by atoms with Crippen molar-refractivity contribution >= 4 is 18.9 Å². The Bertz CT molecular complexity index is 992. The molecular weight excluding hydrogens is 402 g/mol. The summed E-state index contributed by atoms with van der Waals surface area (Å²) < 4.78 is 35.3. The fourth-order valence-electron chi connectivity index (χ4n) is 2.83. The van der Waals surface area contributed by atoms with E-state index >= 15 is 0 Å². The number of hydrogen-bond donors (Lipinski definition) is 3. The van der Waals surface area contributed by atoms with E-state index in [1.165, 1.54) is 12.1 Å². The predicted molar refractivity (Wildman–Crippen MR) is 106 cm³/mol. The molecule has 0 aliphatic carbocycles. The lowest BCUT2D eigenvalue weighted by atomic mass is 10.2. The fraction of sp³-hybridized carbons (Fsp3) is 0.316. The minimum absolute atomic E-state index is 0.246. The second-order valence-electron chi connectivity index (χ2n) is 6.29. The van der Waals surface area contributed by atoms with Crippen LogP contribution in [-0.2, 0) is 22.5 Å². The highest BCUT2D eigenvalue weighted by atomic mass is 31.2. The molecule has 0 saturated heterocycles. The zero-order valence-corrected chi connectivity index (χ0v) is 17.3. The van der Waals surface area contributed by atoms with Crippen LogP contribution in [-0.4, -0.2) is 37.9 Å². The first-order valence-electron chi connectivity index (χ1n) is 8.70. The molecule has 29 heavy (non-hydrogen) atoms. The number of rotatable bonds is 6. The molecule has 0 amide bonds. The van der Waals surface area contributed by atoms with Crippen molar-refractivity contribution < 1.29 is 33.1 Å². The molecule has 158 valence electrons. The van der Waals surface area contributed by atoms with Crippen molar-refractivity contribution in [2.24, 2.45) is 0 Å². The maximum absolute atomic E-state index is 13.0. The molecule has 1 aromatic carbocycles. The number of ether oxygens (including phenoxy) is 2. The lowest BCUT2D eigenvalue weighted by Gasteiger charge is -2.12. The molecule has 0 radical (unpaired) electrons. The molecule has 0 aliphatic rings. The van der Waals surface area contributed by atoms with E-state index in [0.717, 1.165) is 40.1 Å². The van der Waals surface area contributed by atoms with Crippen LogP contribution in [0.1, 0.15) is 16.8 Å². The smallest absolute Gasteiger partial charge is 0.466 e. The van der Waals surface area contributed by atoms with E-state index in [4.69, 9.17) is 28.7 Å². The van der Waals surface area contributed by atoms with Gasteiger partial charge in [-0.15, -0.1) is 0 Å².